The third-order valence-electron chi connectivity index (χ3n) is 3.69. The molecule has 94 valence electrons. The van der Waals surface area contributed by atoms with E-state index in [0.717, 1.165) is 19.0 Å². The highest BCUT2D eigenvalue weighted by molar-refractivity contribution is 5.83. The molecule has 2 N–H and O–H groups in total. The lowest BCUT2D eigenvalue weighted by molar-refractivity contribution is 0.331. The lowest BCUT2D eigenvalue weighted by Gasteiger charge is -2.27. The van der Waals surface area contributed by atoms with Crippen LogP contribution in [-0.4, -0.2) is 19.6 Å². The standard InChI is InChI=1S/C16H20N2/c1-12-2-4-16-7-13(3-5-15(16)6-12)8-17-9-14-10-18-11-14/h2-7,14,17-18H,8-11H2,1H3. The van der Waals surface area contributed by atoms with Crippen molar-refractivity contribution < 1.29 is 0 Å². The first-order valence-electron chi connectivity index (χ1n) is 6.72. The number of nitrogens with one attached hydrogen (secondary N) is 2. The molecule has 1 aliphatic rings. The summed E-state index contributed by atoms with van der Waals surface area (Å²) in [4.78, 5) is 0. The van der Waals surface area contributed by atoms with Crippen LogP contribution in [0.3, 0.4) is 0 Å². The summed E-state index contributed by atoms with van der Waals surface area (Å²) in [5.41, 5.74) is 2.70. The second-order valence-electron chi connectivity index (χ2n) is 5.34. The minimum absolute atomic E-state index is 0.827. The molecule has 0 bridgehead atoms. The number of hydrogen-bond donors (Lipinski definition) is 2. The highest BCUT2D eigenvalue weighted by Crippen LogP contribution is 2.17. The summed E-state index contributed by atoms with van der Waals surface area (Å²) in [6, 6.07) is 13.4. The van der Waals surface area contributed by atoms with Gasteiger partial charge >= 0.3 is 0 Å². The smallest absolute Gasteiger partial charge is 0.0205 e. The van der Waals surface area contributed by atoms with Crippen molar-refractivity contribution >= 4 is 10.8 Å². The summed E-state index contributed by atoms with van der Waals surface area (Å²) >= 11 is 0. The molecule has 1 aliphatic heterocycles. The summed E-state index contributed by atoms with van der Waals surface area (Å²) in [6.07, 6.45) is 0. The molecule has 18 heavy (non-hydrogen) atoms. The zero-order valence-electron chi connectivity index (χ0n) is 10.9. The van der Waals surface area contributed by atoms with Gasteiger partial charge in [0.2, 0.25) is 0 Å². The molecular weight excluding hydrogens is 220 g/mol. The Kier molecular flexibility index (Phi) is 3.31. The predicted octanol–water partition coefficient (Wildman–Crippen LogP) is 2.46. The van der Waals surface area contributed by atoms with Gasteiger partial charge < -0.3 is 10.6 Å². The van der Waals surface area contributed by atoms with Crippen LogP contribution < -0.4 is 10.6 Å². The normalized spacial score (nSPS) is 15.8. The quantitative estimate of drug-likeness (QED) is 0.858. The summed E-state index contributed by atoms with van der Waals surface area (Å²) in [6.45, 7) is 6.58. The van der Waals surface area contributed by atoms with Gasteiger partial charge in [0.25, 0.3) is 0 Å². The van der Waals surface area contributed by atoms with Gasteiger partial charge in [-0.2, -0.15) is 0 Å². The van der Waals surface area contributed by atoms with Gasteiger partial charge in [0, 0.05) is 26.2 Å². The van der Waals surface area contributed by atoms with Crippen molar-refractivity contribution in [2.75, 3.05) is 19.6 Å². The van der Waals surface area contributed by atoms with Gasteiger partial charge in [-0.3, -0.25) is 0 Å². The fourth-order valence-electron chi connectivity index (χ4n) is 2.44. The van der Waals surface area contributed by atoms with Crippen molar-refractivity contribution in [3.63, 3.8) is 0 Å². The Morgan fingerprint density at radius 1 is 1.11 bits per heavy atom. The van der Waals surface area contributed by atoms with E-state index in [0.29, 0.717) is 0 Å². The van der Waals surface area contributed by atoms with Crippen LogP contribution in [0.25, 0.3) is 10.8 Å². The van der Waals surface area contributed by atoms with E-state index >= 15 is 0 Å². The second kappa shape index (κ2) is 5.09. The van der Waals surface area contributed by atoms with Gasteiger partial charge in [-0.25, -0.2) is 0 Å². The van der Waals surface area contributed by atoms with Crippen LogP contribution in [0.2, 0.25) is 0 Å². The molecular formula is C16H20N2. The molecule has 0 spiro atoms. The molecule has 1 saturated heterocycles. The van der Waals surface area contributed by atoms with Crippen molar-refractivity contribution in [1.82, 2.24) is 10.6 Å². The molecule has 0 unspecified atom stereocenters. The first kappa shape index (κ1) is 11.7. The summed E-state index contributed by atoms with van der Waals surface area (Å²) in [5.74, 6) is 0.827. The zero-order valence-corrected chi connectivity index (χ0v) is 10.9. The van der Waals surface area contributed by atoms with Gasteiger partial charge in [0.15, 0.2) is 0 Å². The van der Waals surface area contributed by atoms with Crippen LogP contribution in [0.1, 0.15) is 11.1 Å². The molecule has 2 aromatic carbocycles. The molecule has 0 amide bonds. The van der Waals surface area contributed by atoms with Crippen LogP contribution >= 0.6 is 0 Å². The Bertz CT molecular complexity index is 544. The maximum Gasteiger partial charge on any atom is 0.0205 e. The van der Waals surface area contributed by atoms with Crippen molar-refractivity contribution in [3.05, 3.63) is 47.5 Å². The van der Waals surface area contributed by atoms with Crippen LogP contribution in [0, 0.1) is 12.8 Å². The van der Waals surface area contributed by atoms with Crippen LogP contribution in [0.15, 0.2) is 36.4 Å². The number of aryl methyl sites for hydroxylation is 1. The molecule has 0 radical (unpaired) electrons. The Morgan fingerprint density at radius 3 is 2.67 bits per heavy atom. The molecule has 2 heteroatoms. The zero-order chi connectivity index (χ0) is 12.4. The molecule has 1 heterocycles. The third kappa shape index (κ3) is 2.55. The number of benzene rings is 2. The molecule has 0 saturated carbocycles. The Balaban J connectivity index is 1.66. The number of hydrogen-bond acceptors (Lipinski definition) is 2. The lowest BCUT2D eigenvalue weighted by Crippen LogP contribution is -2.47. The maximum atomic E-state index is 3.54. The van der Waals surface area contributed by atoms with E-state index in [2.05, 4.69) is 54.0 Å². The van der Waals surface area contributed by atoms with E-state index in [9.17, 15) is 0 Å². The Hall–Kier alpha value is -1.38. The third-order valence-corrected chi connectivity index (χ3v) is 3.69. The molecule has 0 aliphatic carbocycles. The van der Waals surface area contributed by atoms with Gasteiger partial charge in [-0.15, -0.1) is 0 Å². The molecule has 0 atom stereocenters. The van der Waals surface area contributed by atoms with E-state index in [-0.39, 0.29) is 0 Å². The van der Waals surface area contributed by atoms with Crippen molar-refractivity contribution in [1.29, 1.82) is 0 Å². The summed E-state index contributed by atoms with van der Waals surface area (Å²) in [5, 5.41) is 9.51. The molecule has 0 aromatic heterocycles. The van der Waals surface area contributed by atoms with Crippen LogP contribution in [0.4, 0.5) is 0 Å². The minimum Gasteiger partial charge on any atom is -0.316 e. The topological polar surface area (TPSA) is 24.1 Å². The predicted molar refractivity (Wildman–Crippen MR) is 76.8 cm³/mol. The molecule has 1 fully saturated rings. The molecule has 2 aromatic rings. The van der Waals surface area contributed by atoms with E-state index < -0.39 is 0 Å². The van der Waals surface area contributed by atoms with Gasteiger partial charge in [0.1, 0.15) is 0 Å². The first-order valence-corrected chi connectivity index (χ1v) is 6.72. The van der Waals surface area contributed by atoms with Crippen LogP contribution in [-0.2, 0) is 6.54 Å². The van der Waals surface area contributed by atoms with Gasteiger partial charge in [-0.05, 0) is 35.2 Å². The van der Waals surface area contributed by atoms with E-state index in [4.69, 9.17) is 0 Å². The summed E-state index contributed by atoms with van der Waals surface area (Å²) in [7, 11) is 0. The molecule has 3 rings (SSSR count). The fourth-order valence-corrected chi connectivity index (χ4v) is 2.44. The van der Waals surface area contributed by atoms with Gasteiger partial charge in [0.05, 0.1) is 0 Å². The van der Waals surface area contributed by atoms with E-state index in [1.54, 1.807) is 0 Å². The Morgan fingerprint density at radius 2 is 1.89 bits per heavy atom. The lowest BCUT2D eigenvalue weighted by atomic mass is 10.0. The van der Waals surface area contributed by atoms with Crippen molar-refractivity contribution in [2.45, 2.75) is 13.5 Å². The SMILES string of the molecule is Cc1ccc2cc(CNCC3CNC3)ccc2c1. The second-order valence-corrected chi connectivity index (χ2v) is 5.34. The van der Waals surface area contributed by atoms with E-state index in [1.165, 1.54) is 35.0 Å². The number of rotatable bonds is 4. The van der Waals surface area contributed by atoms with Crippen molar-refractivity contribution in [2.24, 2.45) is 5.92 Å². The monoisotopic (exact) mass is 240 g/mol. The first-order chi connectivity index (χ1) is 8.81. The fraction of sp³-hybridized carbons (Fsp3) is 0.375. The van der Waals surface area contributed by atoms with Crippen molar-refractivity contribution in [3.8, 4) is 0 Å². The van der Waals surface area contributed by atoms with Gasteiger partial charge in [-0.1, -0.05) is 35.9 Å². The summed E-state index contributed by atoms with van der Waals surface area (Å²) < 4.78 is 0. The molecule has 2 nitrogen and oxygen atoms in total. The number of fused-ring (bicyclic) bond motifs is 1. The Labute approximate surface area is 108 Å². The maximum absolute atomic E-state index is 3.54. The van der Waals surface area contributed by atoms with E-state index in [1.807, 2.05) is 0 Å². The minimum atomic E-state index is 0.827. The highest BCUT2D eigenvalue weighted by Gasteiger charge is 2.15. The van der Waals surface area contributed by atoms with Crippen LogP contribution in [0.5, 0.6) is 0 Å². The highest BCUT2D eigenvalue weighted by atomic mass is 15.0. The average molecular weight is 240 g/mol. The average Bonchev–Trinajstić information content (AvgIpc) is 2.32. The largest absolute Gasteiger partial charge is 0.316 e.